The first-order valence-corrected chi connectivity index (χ1v) is 33.1. The van der Waals surface area contributed by atoms with Crippen LogP contribution in [-0.2, 0) is 22.4 Å². The van der Waals surface area contributed by atoms with E-state index in [4.69, 9.17) is 126 Å². The van der Waals surface area contributed by atoms with E-state index in [9.17, 15) is 14.4 Å². The number of methoxy groups -OCH3 is 1. The zero-order chi connectivity index (χ0) is 49.7. The number of aliphatic hydroxyl groups excluding tert-OH is 2. The number of ether oxygens (including phenoxy) is 1. The molecular weight excluding hydrogens is 1480 g/mol. The van der Waals surface area contributed by atoms with Gasteiger partial charge in [-0.2, -0.15) is 0 Å². The number of esters is 1. The molecule has 33 heteroatoms. The van der Waals surface area contributed by atoms with Gasteiger partial charge in [0, 0.05) is 55.7 Å². The molecule has 6 heterocycles. The van der Waals surface area contributed by atoms with Crippen LogP contribution >= 0.6 is 252 Å². The number of carbonyl (C=O) groups is 1. The Morgan fingerprint density at radius 3 is 1.48 bits per heavy atom. The first kappa shape index (κ1) is 75.4. The van der Waals surface area contributed by atoms with Gasteiger partial charge in [-0.05, 0) is 108 Å². The molecule has 0 aliphatic carbocycles. The van der Waals surface area contributed by atoms with Crippen LogP contribution in [0.5, 0.6) is 0 Å². The van der Waals surface area contributed by atoms with E-state index >= 15 is 0 Å². The molecule has 0 saturated heterocycles. The second kappa shape index (κ2) is 44.2. The van der Waals surface area contributed by atoms with E-state index in [0.717, 1.165) is 49.3 Å². The molecule has 0 amide bonds. The Bertz CT molecular complexity index is 2390. The van der Waals surface area contributed by atoms with Crippen LogP contribution in [0.15, 0.2) is 51.1 Å². The number of rotatable bonds is 6. The second-order valence-corrected chi connectivity index (χ2v) is 37.3. The van der Waals surface area contributed by atoms with Gasteiger partial charge in [-0.3, -0.25) is 14.6 Å². The quantitative estimate of drug-likeness (QED) is 0.0208. The molecule has 363 valence electrons. The van der Waals surface area contributed by atoms with Crippen LogP contribution < -0.4 is 40.7 Å². The SMILES string of the molecule is BrP(Br)Br.CO.COC(=O)c1cc(Cl)sc1Cl.Cc1cc(=O)[nH]c(=S)[nH]1.Cc1cc(=O)[nH]c(SCc2cc(Cl)sc2Cl)n1.ClCCl.Clc1cc(CBr)c(Cl)s1.OCc1cc(Cl)sc1Cl.[B].[H-].[Na+]. The van der Waals surface area contributed by atoms with Gasteiger partial charge in [0.15, 0.2) is 9.93 Å². The Hall–Kier alpha value is 2.83. The van der Waals surface area contributed by atoms with E-state index in [1.54, 1.807) is 19.9 Å². The van der Waals surface area contributed by atoms with Crippen molar-refractivity contribution in [3.8, 4) is 0 Å². The number of H-pyrrole nitrogens is 3. The van der Waals surface area contributed by atoms with Gasteiger partial charge in [-0.25, -0.2) is 9.78 Å². The molecule has 0 fully saturated rings. The molecule has 0 aliphatic heterocycles. The fourth-order valence-electron chi connectivity index (χ4n) is 3.37. The number of aryl methyl sites for hydroxylation is 2. The average Bonchev–Trinajstić information content (AvgIpc) is 3.93. The maximum Gasteiger partial charge on any atom is 1.00 e. The molecule has 0 bridgehead atoms. The van der Waals surface area contributed by atoms with Gasteiger partial charge in [0.2, 0.25) is 0 Å². The van der Waals surface area contributed by atoms with Gasteiger partial charge in [0.1, 0.15) is 8.37 Å². The topological polar surface area (TPSA) is 161 Å². The number of aromatic amines is 3. The third kappa shape index (κ3) is 35.9. The van der Waals surface area contributed by atoms with Gasteiger partial charge in [0.05, 0.1) is 55.0 Å². The van der Waals surface area contributed by atoms with Crippen LogP contribution in [-0.4, -0.2) is 64.1 Å². The first-order valence-electron chi connectivity index (χ1n) is 15.9. The zero-order valence-electron chi connectivity index (χ0n) is 35.0. The number of nitrogens with one attached hydrogen (secondary N) is 3. The van der Waals surface area contributed by atoms with Crippen LogP contribution in [0.3, 0.4) is 0 Å². The molecule has 6 aromatic rings. The Morgan fingerprint density at radius 1 is 0.773 bits per heavy atom. The normalized spacial score (nSPS) is 9.35. The number of aromatic nitrogens is 4. The van der Waals surface area contributed by atoms with E-state index in [0.29, 0.717) is 58.5 Å². The predicted octanol–water partition coefficient (Wildman–Crippen LogP) is 15.0. The molecule has 66 heavy (non-hydrogen) atoms. The van der Waals surface area contributed by atoms with Crippen molar-refractivity contribution in [3.63, 3.8) is 0 Å². The predicted molar refractivity (Wildman–Crippen MR) is 309 cm³/mol. The van der Waals surface area contributed by atoms with Crippen molar-refractivity contribution in [1.29, 1.82) is 0 Å². The smallest absolute Gasteiger partial charge is 1.00 e. The molecule has 3 radical (unpaired) electrons. The Morgan fingerprint density at radius 2 is 1.18 bits per heavy atom. The molecule has 0 unspecified atom stereocenters. The zero-order valence-corrected chi connectivity index (χ0v) is 55.7. The molecule has 0 aromatic carbocycles. The van der Waals surface area contributed by atoms with Gasteiger partial charge < -0.3 is 26.3 Å². The summed E-state index contributed by atoms with van der Waals surface area (Å²) in [5.41, 5.74) is 4.22. The van der Waals surface area contributed by atoms with Crippen molar-refractivity contribution >= 4 is 266 Å². The van der Waals surface area contributed by atoms with Gasteiger partial charge in [0.25, 0.3) is 11.1 Å². The summed E-state index contributed by atoms with van der Waals surface area (Å²) in [5.74, 6) is 0.173. The number of alkyl halides is 3. The minimum absolute atomic E-state index is 0. The number of nitrogens with zero attached hydrogens (tertiary/aromatic N) is 1. The third-order valence-electron chi connectivity index (χ3n) is 5.67. The molecular formula is C33H32BBr4Cl10N4NaO6PS6. The number of halogens is 14. The monoisotopic (exact) mass is 1500 g/mol. The van der Waals surface area contributed by atoms with Gasteiger partial charge in [-0.1, -0.05) is 120 Å². The van der Waals surface area contributed by atoms with Crippen molar-refractivity contribution < 1.29 is 50.7 Å². The van der Waals surface area contributed by atoms with Crippen molar-refractivity contribution in [2.24, 2.45) is 0 Å². The van der Waals surface area contributed by atoms with Crippen LogP contribution in [0.1, 0.15) is 39.9 Å². The minimum atomic E-state index is -0.460. The fourth-order valence-corrected chi connectivity index (χ4v) is 11.4. The maximum atomic E-state index is 11.2. The summed E-state index contributed by atoms with van der Waals surface area (Å²) in [6.45, 7) is 3.53. The molecule has 0 saturated carbocycles. The summed E-state index contributed by atoms with van der Waals surface area (Å²) in [6.07, 6.45) is 0. The average molecular weight is 1510 g/mol. The molecule has 5 N–H and O–H groups in total. The van der Waals surface area contributed by atoms with E-state index < -0.39 is 5.97 Å². The van der Waals surface area contributed by atoms with Crippen LogP contribution in [0, 0.1) is 18.6 Å². The second-order valence-electron chi connectivity index (χ2n) is 10.1. The minimum Gasteiger partial charge on any atom is -1.00 e. The van der Waals surface area contributed by atoms with Crippen LogP contribution in [0.25, 0.3) is 0 Å². The van der Waals surface area contributed by atoms with Crippen LogP contribution in [0.2, 0.25) is 34.7 Å². The maximum absolute atomic E-state index is 11.2. The van der Waals surface area contributed by atoms with Crippen LogP contribution in [0.4, 0.5) is 0 Å². The Labute approximate surface area is 515 Å². The molecule has 6 aromatic heterocycles. The van der Waals surface area contributed by atoms with Crippen molar-refractivity contribution in [2.45, 2.75) is 36.7 Å². The van der Waals surface area contributed by atoms with Crippen molar-refractivity contribution in [1.82, 2.24) is 19.9 Å². The summed E-state index contributed by atoms with van der Waals surface area (Å²) >= 11 is 79.3. The number of thiophene rings is 4. The summed E-state index contributed by atoms with van der Waals surface area (Å²) in [5, 5.41) is 17.2. The van der Waals surface area contributed by atoms with E-state index in [2.05, 4.69) is 99.3 Å². The molecule has 6 rings (SSSR count). The first-order chi connectivity index (χ1) is 30.0. The van der Waals surface area contributed by atoms with E-state index in [1.807, 2.05) is 12.1 Å². The summed E-state index contributed by atoms with van der Waals surface area (Å²) in [6, 6.07) is 9.75. The van der Waals surface area contributed by atoms with E-state index in [-0.39, 0.29) is 66.5 Å². The van der Waals surface area contributed by atoms with Crippen molar-refractivity contribution in [2.75, 3.05) is 19.6 Å². The Kier molecular flexibility index (Phi) is 50.4. The molecule has 0 atom stereocenters. The number of aliphatic hydroxyl groups is 2. The van der Waals surface area contributed by atoms with Gasteiger partial charge >= 0.3 is 35.5 Å². The molecule has 0 aliphatic rings. The van der Waals surface area contributed by atoms with Gasteiger partial charge in [-0.15, -0.1) is 68.5 Å². The summed E-state index contributed by atoms with van der Waals surface area (Å²) in [4.78, 5) is 44.8. The molecule has 10 nitrogen and oxygen atoms in total. The molecule has 0 spiro atoms. The summed E-state index contributed by atoms with van der Waals surface area (Å²) < 4.78 is 9.54. The third-order valence-corrected chi connectivity index (χ3v) is 13.6. The number of carbonyl (C=O) groups excluding carboxylic acids is 1. The largest absolute Gasteiger partial charge is 1.00 e. The number of thioether (sulfide) groups is 1. The number of hydrogen-bond acceptors (Lipinski definition) is 13. The van der Waals surface area contributed by atoms with Crippen molar-refractivity contribution in [3.05, 3.63) is 130 Å². The fraction of sp³-hybridized carbons (Fsp3) is 0.242. The number of hydrogen-bond donors (Lipinski definition) is 5. The Balaban J connectivity index is -0.000000231. The standard InChI is InChI=1S/C10H8Cl2N2OS2.C6H4Cl2O2S.C5H3BrCl2S.C5H4Cl2OS.C5H6N2OS.CH2Cl2.CH4O.B.Br3P.Na.H/c1-5-2-8(15)14-10(13-5)16-4-6-3-7(11)17-9(6)12;1-10-6(9)3-2-4(7)11-5(3)8;6-2-3-1-4(7)9-5(3)8;6-4-1-3(2-8)5(7)9-4;1-3-2-4(8)7-5(9)6-3;2-1-3;1-2;;1-4(2)3;;/h2-3H,4H2,1H3,(H,13,14,15);2H,1H3;1H,2H2;1,8H,2H2;2H,1H3,(H2,6,7,8,9);1H2;2H,1H3;;;;/q;;;;;;;;;+1;-1. The summed E-state index contributed by atoms with van der Waals surface area (Å²) in [7, 11) is 2.30. The van der Waals surface area contributed by atoms with E-state index in [1.165, 1.54) is 71.1 Å².